The number of hydrogen-bond acceptors (Lipinski definition) is 7. The van der Waals surface area contributed by atoms with Crippen molar-refractivity contribution in [3.63, 3.8) is 0 Å². The van der Waals surface area contributed by atoms with Gasteiger partial charge >= 0.3 is 6.01 Å². The maximum Gasteiger partial charge on any atom is 0.323 e. The Morgan fingerprint density at radius 2 is 2.15 bits per heavy atom. The molecule has 110 valence electrons. The largest absolute Gasteiger partial charge is 0.463 e. The monoisotopic (exact) mass is 280 g/mol. The number of rotatable bonds is 8. The maximum atomic E-state index is 11.4. The van der Waals surface area contributed by atoms with Crippen LogP contribution in [0.4, 0.5) is 11.9 Å². The highest BCUT2D eigenvalue weighted by Gasteiger charge is 2.28. The lowest BCUT2D eigenvalue weighted by Gasteiger charge is -2.08. The van der Waals surface area contributed by atoms with Gasteiger partial charge < -0.3 is 21.1 Å². The predicted octanol–water partition coefficient (Wildman–Crippen LogP) is 0.181. The normalized spacial score (nSPS) is 13.8. The summed E-state index contributed by atoms with van der Waals surface area (Å²) in [7, 11) is 0. The molecule has 0 radical (unpaired) electrons. The number of carbonyl (C=O) groups is 1. The second-order valence-corrected chi connectivity index (χ2v) is 4.64. The number of anilines is 2. The zero-order valence-electron chi connectivity index (χ0n) is 11.6. The smallest absolute Gasteiger partial charge is 0.323 e. The molecule has 1 fully saturated rings. The molecule has 0 unspecified atom stereocenters. The van der Waals surface area contributed by atoms with Crippen molar-refractivity contribution in [1.82, 2.24) is 20.3 Å². The van der Waals surface area contributed by atoms with E-state index in [0.29, 0.717) is 25.6 Å². The molecular formula is C12H20N6O2. The van der Waals surface area contributed by atoms with Crippen LogP contribution in [0.1, 0.15) is 26.2 Å². The van der Waals surface area contributed by atoms with Crippen LogP contribution in [-0.2, 0) is 4.79 Å². The average molecular weight is 280 g/mol. The summed E-state index contributed by atoms with van der Waals surface area (Å²) in [5, 5.41) is 5.82. The van der Waals surface area contributed by atoms with Crippen LogP contribution < -0.4 is 21.1 Å². The van der Waals surface area contributed by atoms with Gasteiger partial charge in [0.2, 0.25) is 17.8 Å². The molecule has 0 bridgehead atoms. The van der Waals surface area contributed by atoms with Gasteiger partial charge in [0.05, 0.1) is 6.61 Å². The number of hydrogen-bond donors (Lipinski definition) is 3. The predicted molar refractivity (Wildman–Crippen MR) is 74.2 cm³/mol. The Labute approximate surface area is 117 Å². The van der Waals surface area contributed by atoms with E-state index >= 15 is 0 Å². The molecule has 0 spiro atoms. The van der Waals surface area contributed by atoms with E-state index in [2.05, 4.69) is 25.6 Å². The summed E-state index contributed by atoms with van der Waals surface area (Å²) in [6.45, 7) is 3.56. The van der Waals surface area contributed by atoms with Gasteiger partial charge in [0, 0.05) is 19.0 Å². The molecule has 0 saturated heterocycles. The summed E-state index contributed by atoms with van der Waals surface area (Å²) in [4.78, 5) is 23.4. The lowest BCUT2D eigenvalue weighted by molar-refractivity contribution is -0.122. The highest BCUT2D eigenvalue weighted by molar-refractivity contribution is 5.80. The molecule has 1 saturated carbocycles. The number of nitrogens with zero attached hydrogens (tertiary/aromatic N) is 3. The molecule has 1 aliphatic rings. The number of carbonyl (C=O) groups excluding carboxylic acids is 1. The zero-order chi connectivity index (χ0) is 14.4. The van der Waals surface area contributed by atoms with Gasteiger partial charge in [-0.2, -0.15) is 15.0 Å². The minimum absolute atomic E-state index is 0.107. The summed E-state index contributed by atoms with van der Waals surface area (Å²) in [6, 6.07) is 0.212. The van der Waals surface area contributed by atoms with Crippen molar-refractivity contribution in [2.75, 3.05) is 30.7 Å². The fourth-order valence-corrected chi connectivity index (χ4v) is 1.56. The molecule has 1 aromatic rings. The Bertz CT molecular complexity index is 463. The summed E-state index contributed by atoms with van der Waals surface area (Å²) in [5.74, 6) is 0.797. The number of amides is 1. The van der Waals surface area contributed by atoms with Gasteiger partial charge in [-0.05, 0) is 19.3 Å². The topological polar surface area (TPSA) is 115 Å². The summed E-state index contributed by atoms with van der Waals surface area (Å²) in [6.07, 6.45) is 2.87. The molecule has 4 N–H and O–H groups in total. The Morgan fingerprint density at radius 3 is 2.85 bits per heavy atom. The lowest BCUT2D eigenvalue weighted by atomic mass is 10.4. The Hall–Kier alpha value is -2.12. The first-order chi connectivity index (χ1) is 9.69. The highest BCUT2D eigenvalue weighted by atomic mass is 16.5. The van der Waals surface area contributed by atoms with Crippen molar-refractivity contribution in [3.05, 3.63) is 0 Å². The lowest BCUT2D eigenvalue weighted by Crippen LogP contribution is -2.30. The first kappa shape index (κ1) is 14.3. The summed E-state index contributed by atoms with van der Waals surface area (Å²) in [5.41, 5.74) is 5.58. The van der Waals surface area contributed by atoms with E-state index in [1.165, 1.54) is 0 Å². The quantitative estimate of drug-likeness (QED) is 0.582. The third-order valence-corrected chi connectivity index (χ3v) is 2.72. The molecule has 1 aliphatic carbocycles. The first-order valence-corrected chi connectivity index (χ1v) is 6.85. The second kappa shape index (κ2) is 6.88. The molecule has 1 amide bonds. The van der Waals surface area contributed by atoms with Crippen LogP contribution in [0.25, 0.3) is 0 Å². The fourth-order valence-electron chi connectivity index (χ4n) is 1.56. The van der Waals surface area contributed by atoms with Crippen molar-refractivity contribution in [1.29, 1.82) is 0 Å². The van der Waals surface area contributed by atoms with Gasteiger partial charge in [-0.25, -0.2) is 0 Å². The third-order valence-electron chi connectivity index (χ3n) is 2.72. The van der Waals surface area contributed by atoms with Crippen molar-refractivity contribution in [3.8, 4) is 6.01 Å². The SMILES string of the molecule is CCCOc1nc(N)nc(NCCNC(=O)C2CC2)n1. The van der Waals surface area contributed by atoms with Crippen LogP contribution >= 0.6 is 0 Å². The highest BCUT2D eigenvalue weighted by Crippen LogP contribution is 2.28. The minimum atomic E-state index is 0.107. The van der Waals surface area contributed by atoms with Crippen molar-refractivity contribution in [2.45, 2.75) is 26.2 Å². The van der Waals surface area contributed by atoms with Crippen LogP contribution in [0, 0.1) is 5.92 Å². The number of nitrogen functional groups attached to an aromatic ring is 1. The standard InChI is InChI=1S/C12H20N6O2/c1-2-7-20-12-17-10(13)16-11(18-12)15-6-5-14-9(19)8-3-4-8/h8H,2-7H2,1H3,(H,14,19)(H3,13,15,16,17,18). The number of aromatic nitrogens is 3. The number of nitrogens with one attached hydrogen (secondary N) is 2. The van der Waals surface area contributed by atoms with E-state index in [9.17, 15) is 4.79 Å². The van der Waals surface area contributed by atoms with E-state index in [1.807, 2.05) is 6.92 Å². The first-order valence-electron chi connectivity index (χ1n) is 6.85. The second-order valence-electron chi connectivity index (χ2n) is 4.64. The van der Waals surface area contributed by atoms with Gasteiger partial charge in [-0.15, -0.1) is 0 Å². The third kappa shape index (κ3) is 4.52. The minimum Gasteiger partial charge on any atom is -0.463 e. The number of ether oxygens (including phenoxy) is 1. The maximum absolute atomic E-state index is 11.4. The number of nitrogens with two attached hydrogens (primary N) is 1. The molecule has 1 heterocycles. The van der Waals surface area contributed by atoms with Crippen molar-refractivity contribution in [2.24, 2.45) is 5.92 Å². The van der Waals surface area contributed by atoms with Crippen LogP contribution in [0.3, 0.4) is 0 Å². The molecule has 8 nitrogen and oxygen atoms in total. The van der Waals surface area contributed by atoms with E-state index in [1.54, 1.807) is 0 Å². The Morgan fingerprint density at radius 1 is 1.35 bits per heavy atom. The van der Waals surface area contributed by atoms with Crippen molar-refractivity contribution >= 4 is 17.8 Å². The summed E-state index contributed by atoms with van der Waals surface area (Å²) >= 11 is 0. The van der Waals surface area contributed by atoms with Crippen LogP contribution in [0.15, 0.2) is 0 Å². The molecular weight excluding hydrogens is 260 g/mol. The molecule has 1 aromatic heterocycles. The van der Waals surface area contributed by atoms with Gasteiger partial charge in [0.25, 0.3) is 0 Å². The van der Waals surface area contributed by atoms with Crippen molar-refractivity contribution < 1.29 is 9.53 Å². The Balaban J connectivity index is 1.76. The van der Waals surface area contributed by atoms with E-state index < -0.39 is 0 Å². The van der Waals surface area contributed by atoms with Gasteiger partial charge in [0.15, 0.2) is 0 Å². The van der Waals surface area contributed by atoms with E-state index in [-0.39, 0.29) is 23.8 Å². The average Bonchev–Trinajstić information content (AvgIpc) is 3.25. The fraction of sp³-hybridized carbons (Fsp3) is 0.667. The van der Waals surface area contributed by atoms with Gasteiger partial charge in [-0.3, -0.25) is 4.79 Å². The summed E-state index contributed by atoms with van der Waals surface area (Å²) < 4.78 is 5.31. The van der Waals surface area contributed by atoms with Gasteiger partial charge in [-0.1, -0.05) is 6.92 Å². The molecule has 0 aromatic carbocycles. The molecule has 2 rings (SSSR count). The van der Waals surface area contributed by atoms with Crippen LogP contribution in [0.2, 0.25) is 0 Å². The van der Waals surface area contributed by atoms with Crippen LogP contribution in [-0.4, -0.2) is 40.6 Å². The zero-order valence-corrected chi connectivity index (χ0v) is 11.6. The van der Waals surface area contributed by atoms with Gasteiger partial charge in [0.1, 0.15) is 0 Å². The molecule has 0 atom stereocenters. The molecule has 20 heavy (non-hydrogen) atoms. The molecule has 0 aliphatic heterocycles. The van der Waals surface area contributed by atoms with E-state index in [0.717, 1.165) is 19.3 Å². The van der Waals surface area contributed by atoms with Crippen LogP contribution in [0.5, 0.6) is 6.01 Å². The van der Waals surface area contributed by atoms with E-state index in [4.69, 9.17) is 10.5 Å². The molecule has 8 heteroatoms. The Kier molecular flexibility index (Phi) is 4.91.